The zero-order valence-electron chi connectivity index (χ0n) is 10.1. The Labute approximate surface area is 114 Å². The van der Waals surface area contributed by atoms with Crippen LogP contribution in [0.3, 0.4) is 0 Å². The lowest BCUT2D eigenvalue weighted by molar-refractivity contribution is 0.607. The van der Waals surface area contributed by atoms with Gasteiger partial charge in [0.2, 0.25) is 0 Å². The maximum atomic E-state index is 13.4. The Morgan fingerprint density at radius 3 is 2.74 bits per heavy atom. The fourth-order valence-electron chi connectivity index (χ4n) is 2.30. The number of rotatable bonds is 3. The lowest BCUT2D eigenvalue weighted by atomic mass is 9.98. The molecule has 0 amide bonds. The first-order chi connectivity index (χ1) is 9.29. The lowest BCUT2D eigenvalue weighted by Gasteiger charge is -2.17. The Kier molecular flexibility index (Phi) is 3.29. The van der Waals surface area contributed by atoms with E-state index in [4.69, 9.17) is 5.84 Å². The summed E-state index contributed by atoms with van der Waals surface area (Å²) in [5.41, 5.74) is 4.68. The molecule has 0 aliphatic rings. The van der Waals surface area contributed by atoms with E-state index in [9.17, 15) is 4.39 Å². The largest absolute Gasteiger partial charge is 0.271 e. The zero-order chi connectivity index (χ0) is 13.2. The smallest absolute Gasteiger partial charge is 0.123 e. The van der Waals surface area contributed by atoms with Gasteiger partial charge in [0.05, 0.1) is 6.04 Å². The minimum Gasteiger partial charge on any atom is -0.271 e. The predicted molar refractivity (Wildman–Crippen MR) is 77.4 cm³/mol. The van der Waals surface area contributed by atoms with Crippen LogP contribution in [-0.4, -0.2) is 0 Å². The van der Waals surface area contributed by atoms with Gasteiger partial charge in [-0.05, 0) is 40.1 Å². The number of hydrogen-bond acceptors (Lipinski definition) is 3. The number of fused-ring (bicyclic) bond motifs is 1. The molecule has 1 aromatic heterocycles. The summed E-state index contributed by atoms with van der Waals surface area (Å²) in [4.78, 5) is 0. The molecule has 0 radical (unpaired) electrons. The first kappa shape index (κ1) is 12.3. The fourth-order valence-corrected chi connectivity index (χ4v) is 3.24. The van der Waals surface area contributed by atoms with Crippen molar-refractivity contribution in [3.8, 4) is 0 Å². The van der Waals surface area contributed by atoms with Crippen molar-refractivity contribution in [3.63, 3.8) is 0 Å². The number of hydrogen-bond donors (Lipinski definition) is 2. The molecule has 4 heteroatoms. The standard InChI is InChI=1S/C15H13FN2S/c16-12-5-1-4-11(9-12)14(18-17)13-6-2-3-10-7-8-19-15(10)13/h1-9,14,18H,17H2. The van der Waals surface area contributed by atoms with E-state index in [2.05, 4.69) is 17.6 Å². The topological polar surface area (TPSA) is 38.0 Å². The van der Waals surface area contributed by atoms with Crippen LogP contribution < -0.4 is 11.3 Å². The van der Waals surface area contributed by atoms with Crippen LogP contribution in [-0.2, 0) is 0 Å². The minimum atomic E-state index is -0.254. The first-order valence-electron chi connectivity index (χ1n) is 5.97. The summed E-state index contributed by atoms with van der Waals surface area (Å²) in [6.45, 7) is 0. The molecule has 3 rings (SSSR count). The molecule has 19 heavy (non-hydrogen) atoms. The fraction of sp³-hybridized carbons (Fsp3) is 0.0667. The van der Waals surface area contributed by atoms with E-state index >= 15 is 0 Å². The Bertz CT molecular complexity index is 708. The second kappa shape index (κ2) is 5.09. The van der Waals surface area contributed by atoms with Crippen molar-refractivity contribution < 1.29 is 4.39 Å². The molecule has 96 valence electrons. The van der Waals surface area contributed by atoms with Crippen molar-refractivity contribution in [2.75, 3.05) is 0 Å². The summed E-state index contributed by atoms with van der Waals surface area (Å²) in [5.74, 6) is 5.43. The third-order valence-electron chi connectivity index (χ3n) is 3.17. The van der Waals surface area contributed by atoms with Gasteiger partial charge in [0.1, 0.15) is 5.82 Å². The Balaban J connectivity index is 2.14. The van der Waals surface area contributed by atoms with Crippen molar-refractivity contribution in [2.24, 2.45) is 5.84 Å². The molecular formula is C15H13FN2S. The highest BCUT2D eigenvalue weighted by Gasteiger charge is 2.16. The van der Waals surface area contributed by atoms with Gasteiger partial charge in [0.15, 0.2) is 0 Å². The van der Waals surface area contributed by atoms with Crippen molar-refractivity contribution in [1.29, 1.82) is 0 Å². The summed E-state index contributed by atoms with van der Waals surface area (Å²) in [6, 6.07) is 14.5. The monoisotopic (exact) mass is 272 g/mol. The van der Waals surface area contributed by atoms with Crippen LogP contribution in [0.25, 0.3) is 10.1 Å². The van der Waals surface area contributed by atoms with E-state index in [-0.39, 0.29) is 11.9 Å². The molecule has 1 atom stereocenters. The maximum Gasteiger partial charge on any atom is 0.123 e. The molecule has 0 aliphatic carbocycles. The first-order valence-corrected chi connectivity index (χ1v) is 6.85. The summed E-state index contributed by atoms with van der Waals surface area (Å²) >= 11 is 1.67. The van der Waals surface area contributed by atoms with Gasteiger partial charge < -0.3 is 0 Å². The number of hydrazine groups is 1. The third kappa shape index (κ3) is 2.26. The second-order valence-electron chi connectivity index (χ2n) is 4.34. The van der Waals surface area contributed by atoms with Gasteiger partial charge in [0, 0.05) is 4.70 Å². The van der Waals surface area contributed by atoms with Crippen LogP contribution in [0.4, 0.5) is 4.39 Å². The summed E-state index contributed by atoms with van der Waals surface area (Å²) in [6.07, 6.45) is 0. The van der Waals surface area contributed by atoms with E-state index in [0.717, 1.165) is 11.1 Å². The van der Waals surface area contributed by atoms with E-state index in [1.54, 1.807) is 17.4 Å². The highest BCUT2D eigenvalue weighted by Crippen LogP contribution is 2.32. The van der Waals surface area contributed by atoms with Gasteiger partial charge in [0.25, 0.3) is 0 Å². The molecule has 0 spiro atoms. The van der Waals surface area contributed by atoms with Crippen molar-refractivity contribution >= 4 is 21.4 Å². The molecule has 0 saturated heterocycles. The second-order valence-corrected chi connectivity index (χ2v) is 5.26. The SMILES string of the molecule is NNC(c1cccc(F)c1)c1cccc2ccsc12. The van der Waals surface area contributed by atoms with E-state index < -0.39 is 0 Å². The van der Waals surface area contributed by atoms with Crippen LogP contribution >= 0.6 is 11.3 Å². The number of nitrogens with two attached hydrogens (primary N) is 1. The van der Waals surface area contributed by atoms with Crippen molar-refractivity contribution in [2.45, 2.75) is 6.04 Å². The minimum absolute atomic E-state index is 0.210. The Morgan fingerprint density at radius 1 is 1.11 bits per heavy atom. The number of thiophene rings is 1. The molecule has 0 fully saturated rings. The van der Waals surface area contributed by atoms with E-state index in [0.29, 0.717) is 0 Å². The average molecular weight is 272 g/mol. The molecule has 1 unspecified atom stereocenters. The molecule has 1 heterocycles. The molecular weight excluding hydrogens is 259 g/mol. The summed E-state index contributed by atoms with van der Waals surface area (Å²) in [7, 11) is 0. The van der Waals surface area contributed by atoms with Crippen LogP contribution in [0.1, 0.15) is 17.2 Å². The van der Waals surface area contributed by atoms with E-state index in [1.807, 2.05) is 23.6 Å². The van der Waals surface area contributed by atoms with Crippen molar-refractivity contribution in [1.82, 2.24) is 5.43 Å². The molecule has 0 aliphatic heterocycles. The Hall–Kier alpha value is -1.75. The van der Waals surface area contributed by atoms with Crippen molar-refractivity contribution in [3.05, 3.63) is 70.9 Å². The molecule has 3 N–H and O–H groups in total. The van der Waals surface area contributed by atoms with Gasteiger partial charge in [-0.15, -0.1) is 11.3 Å². The van der Waals surface area contributed by atoms with Gasteiger partial charge in [-0.2, -0.15) is 0 Å². The Morgan fingerprint density at radius 2 is 1.95 bits per heavy atom. The maximum absolute atomic E-state index is 13.4. The normalized spacial score (nSPS) is 12.7. The van der Waals surface area contributed by atoms with Crippen LogP contribution in [0.5, 0.6) is 0 Å². The zero-order valence-corrected chi connectivity index (χ0v) is 11.0. The number of halogens is 1. The van der Waals surface area contributed by atoms with Gasteiger partial charge in [-0.25, -0.2) is 9.82 Å². The van der Waals surface area contributed by atoms with Crippen LogP contribution in [0, 0.1) is 5.82 Å². The third-order valence-corrected chi connectivity index (χ3v) is 4.15. The predicted octanol–water partition coefficient (Wildman–Crippen LogP) is 3.59. The van der Waals surface area contributed by atoms with Crippen LogP contribution in [0.15, 0.2) is 53.9 Å². The summed E-state index contributed by atoms with van der Waals surface area (Å²) < 4.78 is 14.5. The van der Waals surface area contributed by atoms with Crippen LogP contribution in [0.2, 0.25) is 0 Å². The van der Waals surface area contributed by atoms with Gasteiger partial charge >= 0.3 is 0 Å². The van der Waals surface area contributed by atoms with Gasteiger partial charge in [-0.1, -0.05) is 30.3 Å². The highest BCUT2D eigenvalue weighted by molar-refractivity contribution is 7.17. The molecule has 0 bridgehead atoms. The van der Waals surface area contributed by atoms with Gasteiger partial charge in [-0.3, -0.25) is 5.84 Å². The lowest BCUT2D eigenvalue weighted by Crippen LogP contribution is -2.28. The highest BCUT2D eigenvalue weighted by atomic mass is 32.1. The molecule has 3 aromatic rings. The number of nitrogens with one attached hydrogen (secondary N) is 1. The summed E-state index contributed by atoms with van der Waals surface area (Å²) in [5, 5.41) is 3.23. The molecule has 2 aromatic carbocycles. The van der Waals surface area contributed by atoms with E-state index in [1.165, 1.54) is 22.2 Å². The number of benzene rings is 2. The molecule has 2 nitrogen and oxygen atoms in total. The average Bonchev–Trinajstić information content (AvgIpc) is 2.89. The quantitative estimate of drug-likeness (QED) is 0.565. The molecule has 0 saturated carbocycles.